The van der Waals surface area contributed by atoms with E-state index >= 15 is 0 Å². The molecule has 0 saturated carbocycles. The first kappa shape index (κ1) is 19.0. The number of hydrogen-bond donors (Lipinski definition) is 3. The van der Waals surface area contributed by atoms with Gasteiger partial charge in [-0.3, -0.25) is 4.79 Å². The second-order valence-electron chi connectivity index (χ2n) is 6.48. The number of nitrogens with zero attached hydrogens (tertiary/aromatic N) is 2. The number of nitrogens with one attached hydrogen (secondary N) is 2. The summed E-state index contributed by atoms with van der Waals surface area (Å²) in [5, 5.41) is 15.1. The Morgan fingerprint density at radius 1 is 0.893 bits per heavy atom. The maximum atomic E-state index is 12.5. The van der Waals surface area contributed by atoms with Crippen molar-refractivity contribution >= 4 is 29.2 Å². The second-order valence-corrected chi connectivity index (χ2v) is 6.48. The molecule has 0 aliphatic rings. The Morgan fingerprint density at radius 3 is 2.14 bits per heavy atom. The molecule has 1 amide bonds. The van der Waals surface area contributed by atoms with Crippen LogP contribution < -0.4 is 10.6 Å². The highest BCUT2D eigenvalue weighted by atomic mass is 16.4. The molecule has 3 aromatic rings. The van der Waals surface area contributed by atoms with Crippen LogP contribution >= 0.6 is 0 Å². The van der Waals surface area contributed by atoms with Gasteiger partial charge in [0, 0.05) is 22.6 Å². The minimum atomic E-state index is -1.09. The SMILES string of the molecule is Cc1ccc(NC(=O)c2ccc(Nc3nc(C)cc(C)n3)cc2)c(C(=O)O)c1. The van der Waals surface area contributed by atoms with Gasteiger partial charge in [-0.2, -0.15) is 0 Å². The van der Waals surface area contributed by atoms with Crippen LogP contribution in [0, 0.1) is 20.8 Å². The van der Waals surface area contributed by atoms with E-state index in [1.165, 1.54) is 6.07 Å². The van der Waals surface area contributed by atoms with Crippen molar-refractivity contribution in [2.75, 3.05) is 10.6 Å². The van der Waals surface area contributed by atoms with Gasteiger partial charge in [0.25, 0.3) is 5.91 Å². The van der Waals surface area contributed by atoms with Gasteiger partial charge < -0.3 is 15.7 Å². The zero-order chi connectivity index (χ0) is 20.3. The zero-order valence-corrected chi connectivity index (χ0v) is 15.8. The molecule has 0 spiro atoms. The fourth-order valence-corrected chi connectivity index (χ4v) is 2.75. The highest BCUT2D eigenvalue weighted by Gasteiger charge is 2.14. The number of carbonyl (C=O) groups is 2. The minimum absolute atomic E-state index is 0.0543. The molecule has 2 aromatic carbocycles. The lowest BCUT2D eigenvalue weighted by Gasteiger charge is -2.10. The Hall–Kier alpha value is -3.74. The van der Waals surface area contributed by atoms with Crippen molar-refractivity contribution in [2.24, 2.45) is 0 Å². The van der Waals surface area contributed by atoms with Crippen LogP contribution in [-0.2, 0) is 0 Å². The molecule has 7 nitrogen and oxygen atoms in total. The Labute approximate surface area is 162 Å². The fourth-order valence-electron chi connectivity index (χ4n) is 2.75. The molecule has 0 atom stereocenters. The molecule has 3 rings (SSSR count). The van der Waals surface area contributed by atoms with Crippen LogP contribution in [0.5, 0.6) is 0 Å². The van der Waals surface area contributed by atoms with Gasteiger partial charge >= 0.3 is 5.97 Å². The monoisotopic (exact) mass is 376 g/mol. The van der Waals surface area contributed by atoms with Crippen LogP contribution in [-0.4, -0.2) is 27.0 Å². The zero-order valence-electron chi connectivity index (χ0n) is 15.8. The number of benzene rings is 2. The third-order valence-corrected chi connectivity index (χ3v) is 4.04. The summed E-state index contributed by atoms with van der Waals surface area (Å²) in [6.07, 6.45) is 0. The number of carboxylic acid groups (broad SMARTS) is 1. The maximum Gasteiger partial charge on any atom is 0.337 e. The van der Waals surface area contributed by atoms with Gasteiger partial charge in [-0.05, 0) is 63.2 Å². The molecule has 3 N–H and O–H groups in total. The van der Waals surface area contributed by atoms with Crippen molar-refractivity contribution < 1.29 is 14.7 Å². The van der Waals surface area contributed by atoms with Gasteiger partial charge in [-0.25, -0.2) is 14.8 Å². The molecule has 0 aliphatic carbocycles. The Bertz CT molecular complexity index is 1030. The highest BCUT2D eigenvalue weighted by Crippen LogP contribution is 2.20. The van der Waals surface area contributed by atoms with Crippen LogP contribution in [0.15, 0.2) is 48.5 Å². The molecular weight excluding hydrogens is 356 g/mol. The van der Waals surface area contributed by atoms with Gasteiger partial charge in [0.1, 0.15) is 0 Å². The molecular formula is C21H20N4O3. The number of amides is 1. The third kappa shape index (κ3) is 4.50. The summed E-state index contributed by atoms with van der Waals surface area (Å²) >= 11 is 0. The average molecular weight is 376 g/mol. The van der Waals surface area contributed by atoms with Gasteiger partial charge in [0.2, 0.25) is 5.95 Å². The first-order valence-corrected chi connectivity index (χ1v) is 8.66. The number of rotatable bonds is 5. The van der Waals surface area contributed by atoms with E-state index in [1.54, 1.807) is 43.3 Å². The Morgan fingerprint density at radius 2 is 1.54 bits per heavy atom. The van der Waals surface area contributed by atoms with Crippen molar-refractivity contribution in [3.05, 3.63) is 76.6 Å². The van der Waals surface area contributed by atoms with E-state index in [9.17, 15) is 14.7 Å². The van der Waals surface area contributed by atoms with E-state index < -0.39 is 5.97 Å². The minimum Gasteiger partial charge on any atom is -0.478 e. The van der Waals surface area contributed by atoms with Crippen molar-refractivity contribution in [3.8, 4) is 0 Å². The summed E-state index contributed by atoms with van der Waals surface area (Å²) in [7, 11) is 0. The predicted octanol–water partition coefficient (Wildman–Crippen LogP) is 4.10. The van der Waals surface area contributed by atoms with Gasteiger partial charge in [0.05, 0.1) is 11.3 Å². The number of carboxylic acids is 1. The topological polar surface area (TPSA) is 104 Å². The summed E-state index contributed by atoms with van der Waals surface area (Å²) < 4.78 is 0. The Balaban J connectivity index is 1.75. The Kier molecular flexibility index (Phi) is 5.35. The second kappa shape index (κ2) is 7.87. The first-order valence-electron chi connectivity index (χ1n) is 8.66. The van der Waals surface area contributed by atoms with E-state index in [4.69, 9.17) is 0 Å². The quantitative estimate of drug-likeness (QED) is 0.619. The molecule has 0 unspecified atom stereocenters. The number of aromatic carboxylic acids is 1. The van der Waals surface area contributed by atoms with Gasteiger partial charge in [0.15, 0.2) is 0 Å². The molecule has 1 heterocycles. The lowest BCUT2D eigenvalue weighted by molar-refractivity contribution is 0.0698. The summed E-state index contributed by atoms with van der Waals surface area (Å²) in [4.78, 5) is 32.5. The number of hydrogen-bond acceptors (Lipinski definition) is 5. The average Bonchev–Trinajstić information content (AvgIpc) is 2.62. The van der Waals surface area contributed by atoms with E-state index in [2.05, 4.69) is 20.6 Å². The third-order valence-electron chi connectivity index (χ3n) is 4.04. The summed E-state index contributed by atoms with van der Waals surface area (Å²) in [6, 6.07) is 13.5. The summed E-state index contributed by atoms with van der Waals surface area (Å²) in [5.41, 5.74) is 3.98. The van der Waals surface area contributed by atoms with E-state index in [-0.39, 0.29) is 17.2 Å². The number of carbonyl (C=O) groups excluding carboxylic acids is 1. The number of aryl methyl sites for hydroxylation is 3. The van der Waals surface area contributed by atoms with Crippen LogP contribution in [0.25, 0.3) is 0 Å². The van der Waals surface area contributed by atoms with Crippen molar-refractivity contribution in [2.45, 2.75) is 20.8 Å². The largest absolute Gasteiger partial charge is 0.478 e. The predicted molar refractivity (Wildman–Crippen MR) is 107 cm³/mol. The molecule has 142 valence electrons. The molecule has 0 saturated heterocycles. The van der Waals surface area contributed by atoms with E-state index in [0.29, 0.717) is 11.5 Å². The molecule has 7 heteroatoms. The van der Waals surface area contributed by atoms with Crippen molar-refractivity contribution in [1.29, 1.82) is 0 Å². The van der Waals surface area contributed by atoms with Crippen LogP contribution in [0.4, 0.5) is 17.3 Å². The van der Waals surface area contributed by atoms with Crippen LogP contribution in [0.3, 0.4) is 0 Å². The smallest absolute Gasteiger partial charge is 0.337 e. The summed E-state index contributed by atoms with van der Waals surface area (Å²) in [6.45, 7) is 5.58. The van der Waals surface area contributed by atoms with E-state index in [1.807, 2.05) is 19.9 Å². The number of anilines is 3. The molecule has 0 aliphatic heterocycles. The molecule has 0 radical (unpaired) electrons. The maximum absolute atomic E-state index is 12.5. The van der Waals surface area contributed by atoms with Crippen LogP contribution in [0.1, 0.15) is 37.7 Å². The number of aromatic nitrogens is 2. The first-order chi connectivity index (χ1) is 13.3. The van der Waals surface area contributed by atoms with Crippen molar-refractivity contribution in [3.63, 3.8) is 0 Å². The van der Waals surface area contributed by atoms with E-state index in [0.717, 1.165) is 22.6 Å². The molecule has 0 fully saturated rings. The van der Waals surface area contributed by atoms with Gasteiger partial charge in [-0.1, -0.05) is 11.6 Å². The van der Waals surface area contributed by atoms with Gasteiger partial charge in [-0.15, -0.1) is 0 Å². The lowest BCUT2D eigenvalue weighted by Crippen LogP contribution is -2.15. The molecule has 1 aromatic heterocycles. The normalized spacial score (nSPS) is 10.4. The lowest BCUT2D eigenvalue weighted by atomic mass is 10.1. The highest BCUT2D eigenvalue weighted by molar-refractivity contribution is 6.07. The standard InChI is InChI=1S/C21H20N4O3/c1-12-4-9-18(17(10-12)20(27)28)25-19(26)15-5-7-16(8-6-15)24-21-22-13(2)11-14(3)23-21/h4-11H,1-3H3,(H,25,26)(H,27,28)(H,22,23,24). The van der Waals surface area contributed by atoms with Crippen molar-refractivity contribution in [1.82, 2.24) is 9.97 Å². The van der Waals surface area contributed by atoms with Crippen LogP contribution in [0.2, 0.25) is 0 Å². The molecule has 28 heavy (non-hydrogen) atoms. The summed E-state index contributed by atoms with van der Waals surface area (Å²) in [5.74, 6) is -0.993. The molecule has 0 bridgehead atoms. The fraction of sp³-hybridized carbons (Fsp3) is 0.143.